The fourth-order valence-corrected chi connectivity index (χ4v) is 3.29. The summed E-state index contributed by atoms with van der Waals surface area (Å²) in [5.41, 5.74) is 3.63. The number of amides is 1. The molecule has 0 fully saturated rings. The van der Waals surface area contributed by atoms with Crippen LogP contribution in [-0.4, -0.2) is 21.0 Å². The highest BCUT2D eigenvalue weighted by atomic mass is 16.5. The molecule has 30 heavy (non-hydrogen) atoms. The fraction of sp³-hybridized carbons (Fsp3) is 0.0909. The minimum absolute atomic E-state index is 0.258. The van der Waals surface area contributed by atoms with Gasteiger partial charge in [-0.15, -0.1) is 0 Å². The number of rotatable bonds is 5. The maximum absolute atomic E-state index is 13.1. The Kier molecular flexibility index (Phi) is 4.36. The van der Waals surface area contributed by atoms with Crippen molar-refractivity contribution in [1.82, 2.24) is 20.4 Å². The summed E-state index contributed by atoms with van der Waals surface area (Å²) in [5.74, 6) is 0.952. The first-order valence-electron chi connectivity index (χ1n) is 9.26. The summed E-state index contributed by atoms with van der Waals surface area (Å²) in [6.45, 7) is 2.11. The van der Waals surface area contributed by atoms with Gasteiger partial charge in [0.2, 0.25) is 0 Å². The van der Waals surface area contributed by atoms with Crippen LogP contribution in [0.15, 0.2) is 74.7 Å². The largest absolute Gasteiger partial charge is 0.463 e. The highest BCUT2D eigenvalue weighted by molar-refractivity contribution is 6.06. The second-order valence-electron chi connectivity index (χ2n) is 6.73. The van der Waals surface area contributed by atoms with E-state index in [1.54, 1.807) is 37.6 Å². The molecule has 0 aliphatic rings. The van der Waals surface area contributed by atoms with Crippen molar-refractivity contribution in [2.45, 2.75) is 13.5 Å². The number of hydrogen-bond donors (Lipinski definition) is 1. The van der Waals surface area contributed by atoms with Crippen LogP contribution in [0.25, 0.3) is 33.9 Å². The Morgan fingerprint density at radius 3 is 2.83 bits per heavy atom. The van der Waals surface area contributed by atoms with Gasteiger partial charge in [0, 0.05) is 12.1 Å². The number of hydrogen-bond acceptors (Lipinski definition) is 7. The van der Waals surface area contributed by atoms with E-state index in [0.29, 0.717) is 46.1 Å². The van der Waals surface area contributed by atoms with E-state index in [1.165, 1.54) is 6.39 Å². The van der Waals surface area contributed by atoms with Crippen molar-refractivity contribution in [1.29, 1.82) is 0 Å². The molecule has 5 rings (SSSR count). The molecule has 148 valence electrons. The van der Waals surface area contributed by atoms with E-state index in [0.717, 1.165) is 11.1 Å². The van der Waals surface area contributed by atoms with Gasteiger partial charge in [0.25, 0.3) is 11.6 Å². The Hall–Kier alpha value is -4.20. The lowest BCUT2D eigenvalue weighted by Crippen LogP contribution is -2.23. The van der Waals surface area contributed by atoms with Gasteiger partial charge in [0.15, 0.2) is 17.9 Å². The van der Waals surface area contributed by atoms with Crippen LogP contribution in [0.5, 0.6) is 0 Å². The van der Waals surface area contributed by atoms with Crippen LogP contribution in [0.3, 0.4) is 0 Å². The normalized spacial score (nSPS) is 11.1. The number of aryl methyl sites for hydroxylation is 1. The molecule has 0 radical (unpaired) electrons. The predicted octanol–water partition coefficient (Wildman–Crippen LogP) is 4.38. The van der Waals surface area contributed by atoms with Crippen LogP contribution in [0.2, 0.25) is 0 Å². The lowest BCUT2D eigenvalue weighted by Gasteiger charge is -2.08. The summed E-state index contributed by atoms with van der Waals surface area (Å²) < 4.78 is 16.1. The Bertz CT molecular complexity index is 1320. The topological polar surface area (TPSA) is 107 Å². The molecule has 4 heterocycles. The zero-order valence-corrected chi connectivity index (χ0v) is 16.0. The van der Waals surface area contributed by atoms with E-state index in [-0.39, 0.29) is 5.91 Å². The molecule has 8 heteroatoms. The van der Waals surface area contributed by atoms with Gasteiger partial charge in [0.05, 0.1) is 29.1 Å². The lowest BCUT2D eigenvalue weighted by atomic mass is 10.1. The zero-order chi connectivity index (χ0) is 20.5. The van der Waals surface area contributed by atoms with Crippen molar-refractivity contribution in [3.63, 3.8) is 0 Å². The van der Waals surface area contributed by atoms with Crippen LogP contribution in [0.1, 0.15) is 21.6 Å². The van der Waals surface area contributed by atoms with Crippen LogP contribution in [0, 0.1) is 6.92 Å². The summed E-state index contributed by atoms with van der Waals surface area (Å²) in [5, 5.41) is 7.49. The summed E-state index contributed by atoms with van der Waals surface area (Å²) in [4.78, 5) is 21.4. The molecule has 1 aromatic carbocycles. The molecule has 1 amide bonds. The Morgan fingerprint density at radius 2 is 2.03 bits per heavy atom. The second-order valence-corrected chi connectivity index (χ2v) is 6.73. The molecule has 0 saturated carbocycles. The first kappa shape index (κ1) is 17.9. The summed E-state index contributed by atoms with van der Waals surface area (Å²) in [6.07, 6.45) is 4.58. The molecule has 0 aliphatic carbocycles. The molecule has 8 nitrogen and oxygen atoms in total. The van der Waals surface area contributed by atoms with Crippen LogP contribution in [-0.2, 0) is 6.54 Å². The van der Waals surface area contributed by atoms with Crippen molar-refractivity contribution < 1.29 is 18.2 Å². The SMILES string of the molecule is Cc1noc2nc(-c3ccco3)cc(C(=O)NCc3cccc(-c4cnco4)c3)c12. The van der Waals surface area contributed by atoms with Gasteiger partial charge in [0.1, 0.15) is 5.69 Å². The minimum atomic E-state index is -0.258. The standard InChI is InChI=1S/C22H16N4O4/c1-13-20-16(9-17(18-6-3-7-28-18)25-22(20)30-26-13)21(27)24-10-14-4-2-5-15(8-14)19-11-23-12-29-19/h2-9,11-12H,10H2,1H3,(H,24,27). The van der Waals surface area contributed by atoms with Gasteiger partial charge >= 0.3 is 0 Å². The zero-order valence-electron chi connectivity index (χ0n) is 16.0. The number of fused-ring (bicyclic) bond motifs is 1. The minimum Gasteiger partial charge on any atom is -0.463 e. The number of carbonyl (C=O) groups is 1. The third kappa shape index (κ3) is 3.24. The van der Waals surface area contributed by atoms with Crippen molar-refractivity contribution >= 4 is 17.0 Å². The van der Waals surface area contributed by atoms with E-state index in [2.05, 4.69) is 20.4 Å². The molecule has 5 aromatic rings. The molecule has 0 unspecified atom stereocenters. The van der Waals surface area contributed by atoms with Gasteiger partial charge in [-0.2, -0.15) is 0 Å². The van der Waals surface area contributed by atoms with Crippen LogP contribution < -0.4 is 5.32 Å². The smallest absolute Gasteiger partial charge is 0.259 e. The molecule has 4 aromatic heterocycles. The van der Waals surface area contributed by atoms with Crippen molar-refractivity contribution in [2.75, 3.05) is 0 Å². The molecule has 0 atom stereocenters. The molecule has 0 bridgehead atoms. The monoisotopic (exact) mass is 400 g/mol. The van der Waals surface area contributed by atoms with E-state index >= 15 is 0 Å². The van der Waals surface area contributed by atoms with E-state index < -0.39 is 0 Å². The van der Waals surface area contributed by atoms with Gasteiger partial charge in [-0.05, 0) is 36.8 Å². The van der Waals surface area contributed by atoms with Crippen LogP contribution in [0.4, 0.5) is 0 Å². The van der Waals surface area contributed by atoms with Crippen LogP contribution >= 0.6 is 0 Å². The quantitative estimate of drug-likeness (QED) is 0.466. The van der Waals surface area contributed by atoms with Gasteiger partial charge in [-0.25, -0.2) is 9.97 Å². The van der Waals surface area contributed by atoms with E-state index in [1.807, 2.05) is 24.3 Å². The Labute approximate surface area is 170 Å². The number of nitrogens with one attached hydrogen (secondary N) is 1. The number of furan rings is 1. The Morgan fingerprint density at radius 1 is 1.10 bits per heavy atom. The first-order valence-corrected chi connectivity index (χ1v) is 9.26. The molecular formula is C22H16N4O4. The highest BCUT2D eigenvalue weighted by Crippen LogP contribution is 2.27. The maximum Gasteiger partial charge on any atom is 0.259 e. The molecule has 0 aliphatic heterocycles. The maximum atomic E-state index is 13.1. The van der Waals surface area contributed by atoms with E-state index in [4.69, 9.17) is 13.4 Å². The average molecular weight is 400 g/mol. The molecule has 1 N–H and O–H groups in total. The van der Waals surface area contributed by atoms with Gasteiger partial charge in [-0.3, -0.25) is 4.79 Å². The fourth-order valence-electron chi connectivity index (χ4n) is 3.29. The van der Waals surface area contributed by atoms with Crippen molar-refractivity contribution in [2.24, 2.45) is 0 Å². The number of benzene rings is 1. The third-order valence-corrected chi connectivity index (χ3v) is 4.73. The first-order chi connectivity index (χ1) is 14.7. The van der Waals surface area contributed by atoms with Crippen molar-refractivity contribution in [3.8, 4) is 22.8 Å². The second kappa shape index (κ2) is 7.32. The van der Waals surface area contributed by atoms with Gasteiger partial charge in [-0.1, -0.05) is 23.4 Å². The summed E-state index contributed by atoms with van der Waals surface area (Å²) >= 11 is 0. The molecular weight excluding hydrogens is 384 g/mol. The number of aromatic nitrogens is 3. The number of nitrogens with zero attached hydrogens (tertiary/aromatic N) is 3. The van der Waals surface area contributed by atoms with Crippen molar-refractivity contribution in [3.05, 3.63) is 78.1 Å². The number of oxazole rings is 1. The van der Waals surface area contributed by atoms with Gasteiger partial charge < -0.3 is 18.7 Å². The Balaban J connectivity index is 1.44. The predicted molar refractivity (Wildman–Crippen MR) is 107 cm³/mol. The van der Waals surface area contributed by atoms with E-state index in [9.17, 15) is 4.79 Å². The molecule has 0 saturated heterocycles. The summed E-state index contributed by atoms with van der Waals surface area (Å²) in [7, 11) is 0. The number of pyridine rings is 1. The lowest BCUT2D eigenvalue weighted by molar-refractivity contribution is 0.0952. The summed E-state index contributed by atoms with van der Waals surface area (Å²) in [6, 6.07) is 12.9. The highest BCUT2D eigenvalue weighted by Gasteiger charge is 2.20. The average Bonchev–Trinajstić information content (AvgIpc) is 3.54. The third-order valence-electron chi connectivity index (χ3n) is 4.73. The number of carbonyl (C=O) groups excluding carboxylic acids is 1. The molecule has 0 spiro atoms.